The largest absolute Gasteiger partial charge is 0.378 e. The molecule has 0 bridgehead atoms. The number of pyridine rings is 1. The highest BCUT2D eigenvalue weighted by molar-refractivity contribution is 5.64. The number of morpholine rings is 1. The van der Waals surface area contributed by atoms with Crippen molar-refractivity contribution in [3.05, 3.63) is 47.5 Å². The first-order chi connectivity index (χ1) is 11.5. The second kappa shape index (κ2) is 6.60. The lowest BCUT2D eigenvalue weighted by molar-refractivity contribution is 0.122. The van der Waals surface area contributed by atoms with Gasteiger partial charge >= 0.3 is 0 Å². The number of nitrogens with one attached hydrogen (secondary N) is 1. The molecule has 1 N–H and O–H groups in total. The van der Waals surface area contributed by atoms with Crippen LogP contribution in [0, 0.1) is 29.3 Å². The molecule has 1 aliphatic heterocycles. The van der Waals surface area contributed by atoms with E-state index in [1.54, 1.807) is 4.90 Å². The summed E-state index contributed by atoms with van der Waals surface area (Å²) >= 11 is 0. The molecule has 128 valence electrons. The molecule has 2 heterocycles. The SMILES string of the molecule is Fc1cc(Nc2c(F)c(F)nc(F)c2F)ccc1N1CCOCC1. The highest BCUT2D eigenvalue weighted by Gasteiger charge is 2.21. The van der Waals surface area contributed by atoms with Crippen molar-refractivity contribution in [2.24, 2.45) is 0 Å². The Hall–Kier alpha value is -2.42. The van der Waals surface area contributed by atoms with Gasteiger partial charge < -0.3 is 15.0 Å². The Morgan fingerprint density at radius 3 is 2.17 bits per heavy atom. The zero-order valence-electron chi connectivity index (χ0n) is 12.3. The fourth-order valence-corrected chi connectivity index (χ4v) is 2.39. The Morgan fingerprint density at radius 2 is 1.58 bits per heavy atom. The van der Waals surface area contributed by atoms with Crippen LogP contribution in [-0.4, -0.2) is 31.3 Å². The Kier molecular flexibility index (Phi) is 4.52. The predicted octanol–water partition coefficient (Wildman–Crippen LogP) is 3.36. The van der Waals surface area contributed by atoms with Gasteiger partial charge in [-0.25, -0.2) is 4.39 Å². The third-order valence-electron chi connectivity index (χ3n) is 3.57. The van der Waals surface area contributed by atoms with E-state index in [4.69, 9.17) is 4.74 Å². The minimum Gasteiger partial charge on any atom is -0.378 e. The average Bonchev–Trinajstić information content (AvgIpc) is 2.58. The molecule has 1 fully saturated rings. The quantitative estimate of drug-likeness (QED) is 0.684. The van der Waals surface area contributed by atoms with Crippen LogP contribution in [-0.2, 0) is 4.74 Å². The van der Waals surface area contributed by atoms with E-state index < -0.39 is 35.0 Å². The molecular weight excluding hydrogens is 333 g/mol. The van der Waals surface area contributed by atoms with Crippen LogP contribution in [0.4, 0.5) is 39.0 Å². The van der Waals surface area contributed by atoms with Crippen molar-refractivity contribution < 1.29 is 26.7 Å². The molecule has 4 nitrogen and oxygen atoms in total. The predicted molar refractivity (Wildman–Crippen MR) is 76.8 cm³/mol. The molecule has 0 spiro atoms. The molecule has 1 aliphatic rings. The van der Waals surface area contributed by atoms with Gasteiger partial charge in [0, 0.05) is 18.8 Å². The molecule has 9 heteroatoms. The number of aromatic nitrogens is 1. The second-order valence-electron chi connectivity index (χ2n) is 5.09. The van der Waals surface area contributed by atoms with Crippen molar-refractivity contribution in [2.75, 3.05) is 36.5 Å². The smallest absolute Gasteiger partial charge is 0.253 e. The second-order valence-corrected chi connectivity index (χ2v) is 5.09. The minimum absolute atomic E-state index is 0.0627. The molecule has 0 amide bonds. The van der Waals surface area contributed by atoms with Gasteiger partial charge in [0.25, 0.3) is 11.9 Å². The van der Waals surface area contributed by atoms with E-state index >= 15 is 0 Å². The van der Waals surface area contributed by atoms with Gasteiger partial charge in [0.1, 0.15) is 11.5 Å². The number of benzene rings is 1. The number of halogens is 5. The van der Waals surface area contributed by atoms with Crippen LogP contribution in [0.15, 0.2) is 18.2 Å². The Balaban J connectivity index is 1.88. The monoisotopic (exact) mass is 345 g/mol. The van der Waals surface area contributed by atoms with E-state index in [1.807, 2.05) is 0 Å². The molecule has 0 atom stereocenters. The highest BCUT2D eigenvalue weighted by atomic mass is 19.2. The molecule has 1 aromatic carbocycles. The average molecular weight is 345 g/mol. The van der Waals surface area contributed by atoms with Gasteiger partial charge in [0.05, 0.1) is 18.9 Å². The van der Waals surface area contributed by atoms with Crippen molar-refractivity contribution in [3.63, 3.8) is 0 Å². The van der Waals surface area contributed by atoms with Crippen LogP contribution in [0.25, 0.3) is 0 Å². The number of anilines is 3. The number of ether oxygens (including phenoxy) is 1. The Bertz CT molecular complexity index is 739. The summed E-state index contributed by atoms with van der Waals surface area (Å²) in [4.78, 5) is 4.21. The maximum Gasteiger partial charge on any atom is 0.253 e. The lowest BCUT2D eigenvalue weighted by Gasteiger charge is -2.29. The van der Waals surface area contributed by atoms with E-state index in [1.165, 1.54) is 12.1 Å². The van der Waals surface area contributed by atoms with Crippen molar-refractivity contribution in [3.8, 4) is 0 Å². The molecule has 24 heavy (non-hydrogen) atoms. The van der Waals surface area contributed by atoms with Gasteiger partial charge in [-0.05, 0) is 18.2 Å². The molecule has 1 saturated heterocycles. The van der Waals surface area contributed by atoms with Crippen molar-refractivity contribution in [1.82, 2.24) is 4.98 Å². The normalized spacial score (nSPS) is 14.8. The fraction of sp³-hybridized carbons (Fsp3) is 0.267. The van der Waals surface area contributed by atoms with Crippen LogP contribution in [0.5, 0.6) is 0 Å². The highest BCUT2D eigenvalue weighted by Crippen LogP contribution is 2.29. The van der Waals surface area contributed by atoms with Gasteiger partial charge in [-0.1, -0.05) is 0 Å². The van der Waals surface area contributed by atoms with Crippen LogP contribution in [0.2, 0.25) is 0 Å². The van der Waals surface area contributed by atoms with Crippen LogP contribution < -0.4 is 10.2 Å². The van der Waals surface area contributed by atoms with Crippen LogP contribution in [0.3, 0.4) is 0 Å². The lowest BCUT2D eigenvalue weighted by atomic mass is 10.2. The van der Waals surface area contributed by atoms with Crippen molar-refractivity contribution in [1.29, 1.82) is 0 Å². The van der Waals surface area contributed by atoms with Gasteiger partial charge in [-0.15, -0.1) is 0 Å². The summed E-state index contributed by atoms with van der Waals surface area (Å²) in [6.45, 7) is 1.94. The molecule has 0 aliphatic carbocycles. The third-order valence-corrected chi connectivity index (χ3v) is 3.57. The third kappa shape index (κ3) is 3.12. The Labute approximate surface area is 133 Å². The maximum absolute atomic E-state index is 14.2. The Morgan fingerprint density at radius 1 is 0.958 bits per heavy atom. The molecule has 0 radical (unpaired) electrons. The van der Waals surface area contributed by atoms with E-state index in [9.17, 15) is 22.0 Å². The fourth-order valence-electron chi connectivity index (χ4n) is 2.39. The summed E-state index contributed by atoms with van der Waals surface area (Å²) < 4.78 is 72.7. The molecule has 2 aromatic rings. The summed E-state index contributed by atoms with van der Waals surface area (Å²) in [5, 5.41) is 2.14. The number of hydrogen-bond acceptors (Lipinski definition) is 4. The van der Waals surface area contributed by atoms with Crippen LogP contribution in [0.1, 0.15) is 0 Å². The van der Waals surface area contributed by atoms with E-state index in [-0.39, 0.29) is 5.69 Å². The van der Waals surface area contributed by atoms with Crippen molar-refractivity contribution >= 4 is 17.1 Å². The van der Waals surface area contributed by atoms with Gasteiger partial charge in [-0.2, -0.15) is 22.5 Å². The summed E-state index contributed by atoms with van der Waals surface area (Å²) in [5.41, 5.74) is -0.831. The first-order valence-corrected chi connectivity index (χ1v) is 7.06. The zero-order valence-corrected chi connectivity index (χ0v) is 12.3. The summed E-state index contributed by atoms with van der Waals surface area (Å²) in [6, 6.07) is 3.75. The topological polar surface area (TPSA) is 37.4 Å². The number of nitrogens with zero attached hydrogens (tertiary/aromatic N) is 2. The minimum atomic E-state index is -1.79. The van der Waals surface area contributed by atoms with E-state index in [0.29, 0.717) is 32.0 Å². The first-order valence-electron chi connectivity index (χ1n) is 7.06. The first kappa shape index (κ1) is 16.4. The summed E-state index contributed by atoms with van der Waals surface area (Å²) in [7, 11) is 0. The van der Waals surface area contributed by atoms with E-state index in [2.05, 4.69) is 10.3 Å². The number of hydrogen-bond donors (Lipinski definition) is 1. The molecule has 0 unspecified atom stereocenters. The molecule has 0 saturated carbocycles. The van der Waals surface area contributed by atoms with Gasteiger partial charge in [0.2, 0.25) is 11.6 Å². The molecule has 1 aromatic heterocycles. The van der Waals surface area contributed by atoms with Gasteiger partial charge in [0.15, 0.2) is 0 Å². The standard InChI is InChI=1S/C15H12F5N3O/c16-9-7-8(1-2-10(9)23-3-5-24-6-4-23)21-13-11(17)14(19)22-15(20)12(13)18/h1-2,7H,3-6H2,(H,21,22). The lowest BCUT2D eigenvalue weighted by Crippen LogP contribution is -2.36. The van der Waals surface area contributed by atoms with Crippen LogP contribution >= 0.6 is 0 Å². The summed E-state index contributed by atoms with van der Waals surface area (Å²) in [6.07, 6.45) is 0. The van der Waals surface area contributed by atoms with E-state index in [0.717, 1.165) is 6.07 Å². The maximum atomic E-state index is 14.2. The number of rotatable bonds is 3. The molecular formula is C15H12F5N3O. The van der Waals surface area contributed by atoms with Gasteiger partial charge in [-0.3, -0.25) is 0 Å². The molecule has 3 rings (SSSR count). The van der Waals surface area contributed by atoms with Crippen molar-refractivity contribution in [2.45, 2.75) is 0 Å². The summed E-state index contributed by atoms with van der Waals surface area (Å²) in [5.74, 6) is -7.60. The zero-order chi connectivity index (χ0) is 17.3.